The second kappa shape index (κ2) is 3.16. The molecule has 0 aliphatic rings. The summed E-state index contributed by atoms with van der Waals surface area (Å²) in [5.74, 6) is -0.887. The summed E-state index contributed by atoms with van der Waals surface area (Å²) in [7, 11) is -3.59. The second-order valence-corrected chi connectivity index (χ2v) is 4.97. The van der Waals surface area contributed by atoms with Crippen LogP contribution in [0.25, 0.3) is 0 Å². The molecule has 2 N–H and O–H groups in total. The molecule has 0 radical (unpaired) electrons. The maximum absolute atomic E-state index is 13.0. The van der Waals surface area contributed by atoms with Crippen molar-refractivity contribution >= 4 is 27.1 Å². The summed E-state index contributed by atoms with van der Waals surface area (Å²) in [5.41, 5.74) is 5.37. The third-order valence-electron chi connectivity index (χ3n) is 1.45. The first-order valence-electron chi connectivity index (χ1n) is 3.27. The van der Waals surface area contributed by atoms with Crippen LogP contribution in [0, 0.1) is 5.82 Å². The molecule has 3 nitrogen and oxygen atoms in total. The fourth-order valence-corrected chi connectivity index (χ4v) is 1.73. The van der Waals surface area contributed by atoms with Gasteiger partial charge in [0.05, 0.1) is 10.7 Å². The van der Waals surface area contributed by atoms with Crippen molar-refractivity contribution in [2.75, 3.05) is 12.0 Å². The highest BCUT2D eigenvalue weighted by atomic mass is 35.5. The molecule has 72 valence electrons. The lowest BCUT2D eigenvalue weighted by molar-refractivity contribution is 0.571. The van der Waals surface area contributed by atoms with Crippen molar-refractivity contribution in [1.29, 1.82) is 0 Å². The van der Waals surface area contributed by atoms with Crippen LogP contribution in [0.4, 0.5) is 10.1 Å². The predicted octanol–water partition coefficient (Wildman–Crippen LogP) is 1.46. The highest BCUT2D eigenvalue weighted by molar-refractivity contribution is 7.90. The molecule has 0 aliphatic heterocycles. The van der Waals surface area contributed by atoms with E-state index in [1.54, 1.807) is 0 Å². The van der Waals surface area contributed by atoms with Crippen molar-refractivity contribution in [3.05, 3.63) is 23.0 Å². The molecule has 0 aromatic heterocycles. The summed E-state index contributed by atoms with van der Waals surface area (Å²) in [6, 6.07) is 1.89. The van der Waals surface area contributed by atoms with Crippen LogP contribution < -0.4 is 5.73 Å². The number of anilines is 1. The van der Waals surface area contributed by atoms with Crippen LogP contribution in [0.15, 0.2) is 17.0 Å². The van der Waals surface area contributed by atoms with Gasteiger partial charge in [-0.25, -0.2) is 12.8 Å². The van der Waals surface area contributed by atoms with Gasteiger partial charge in [-0.05, 0) is 12.1 Å². The zero-order valence-electron chi connectivity index (χ0n) is 6.71. The predicted molar refractivity (Wildman–Crippen MR) is 48.9 cm³/mol. The van der Waals surface area contributed by atoms with Gasteiger partial charge in [0.2, 0.25) is 0 Å². The van der Waals surface area contributed by atoms with E-state index in [1.165, 1.54) is 0 Å². The summed E-state index contributed by atoms with van der Waals surface area (Å²) >= 11 is 5.48. The number of sulfone groups is 1. The Morgan fingerprint density at radius 3 is 2.46 bits per heavy atom. The number of halogens is 2. The second-order valence-electron chi connectivity index (χ2n) is 2.58. The molecule has 13 heavy (non-hydrogen) atoms. The summed E-state index contributed by atoms with van der Waals surface area (Å²) < 4.78 is 35.0. The molecule has 0 amide bonds. The molecule has 0 saturated carbocycles. The van der Waals surface area contributed by atoms with Gasteiger partial charge in [-0.3, -0.25) is 0 Å². The smallest absolute Gasteiger partial charge is 0.178 e. The van der Waals surface area contributed by atoms with Gasteiger partial charge in [0, 0.05) is 6.26 Å². The Balaban J connectivity index is 3.50. The number of nitrogen functional groups attached to an aromatic ring is 1. The molecule has 0 bridgehead atoms. The van der Waals surface area contributed by atoms with Crippen molar-refractivity contribution in [1.82, 2.24) is 0 Å². The standard InChI is InChI=1S/C7H7ClFNO2S/c1-13(11,12)7-3-6(10)4(8)2-5(7)9/h2-3H,10H2,1H3. The fraction of sp³-hybridized carbons (Fsp3) is 0.143. The number of hydrogen-bond donors (Lipinski definition) is 1. The highest BCUT2D eigenvalue weighted by Gasteiger charge is 2.15. The summed E-state index contributed by atoms with van der Waals surface area (Å²) in [6.07, 6.45) is 0.902. The first kappa shape index (κ1) is 10.3. The molecule has 0 saturated heterocycles. The molecule has 6 heteroatoms. The van der Waals surface area contributed by atoms with Crippen molar-refractivity contribution < 1.29 is 12.8 Å². The molecule has 1 aromatic rings. The van der Waals surface area contributed by atoms with E-state index in [4.69, 9.17) is 17.3 Å². The van der Waals surface area contributed by atoms with Crippen LogP contribution >= 0.6 is 11.6 Å². The molecule has 1 aromatic carbocycles. The maximum atomic E-state index is 13.0. The Bertz CT molecular complexity index is 444. The minimum Gasteiger partial charge on any atom is -0.397 e. The minimum atomic E-state index is -3.59. The Labute approximate surface area is 80.2 Å². The van der Waals surface area contributed by atoms with Crippen LogP contribution in [0.5, 0.6) is 0 Å². The number of rotatable bonds is 1. The summed E-state index contributed by atoms with van der Waals surface area (Å²) in [6.45, 7) is 0. The van der Waals surface area contributed by atoms with Gasteiger partial charge in [0.1, 0.15) is 10.7 Å². The largest absolute Gasteiger partial charge is 0.397 e. The van der Waals surface area contributed by atoms with Gasteiger partial charge in [-0.15, -0.1) is 0 Å². The van der Waals surface area contributed by atoms with Gasteiger partial charge in [-0.1, -0.05) is 11.6 Å². The lowest BCUT2D eigenvalue weighted by atomic mass is 10.3. The average molecular weight is 224 g/mol. The van der Waals surface area contributed by atoms with E-state index in [2.05, 4.69) is 0 Å². The molecule has 0 heterocycles. The third kappa shape index (κ3) is 2.10. The minimum absolute atomic E-state index is 0.00454. The van der Waals surface area contributed by atoms with Crippen molar-refractivity contribution in [2.24, 2.45) is 0 Å². The number of benzene rings is 1. The maximum Gasteiger partial charge on any atom is 0.178 e. The average Bonchev–Trinajstić information content (AvgIpc) is 1.94. The zero-order valence-corrected chi connectivity index (χ0v) is 8.29. The number of hydrogen-bond acceptors (Lipinski definition) is 3. The highest BCUT2D eigenvalue weighted by Crippen LogP contribution is 2.25. The van der Waals surface area contributed by atoms with Gasteiger partial charge in [0.15, 0.2) is 9.84 Å². The van der Waals surface area contributed by atoms with Crippen LogP contribution in [0.3, 0.4) is 0 Å². The van der Waals surface area contributed by atoms with Gasteiger partial charge in [0.25, 0.3) is 0 Å². The molecule has 0 atom stereocenters. The van der Waals surface area contributed by atoms with E-state index in [9.17, 15) is 12.8 Å². The third-order valence-corrected chi connectivity index (χ3v) is 2.89. The van der Waals surface area contributed by atoms with Crippen molar-refractivity contribution in [3.8, 4) is 0 Å². The van der Waals surface area contributed by atoms with E-state index in [0.717, 1.165) is 18.4 Å². The normalized spacial score (nSPS) is 11.6. The molecule has 0 unspecified atom stereocenters. The monoisotopic (exact) mass is 223 g/mol. The van der Waals surface area contributed by atoms with E-state index >= 15 is 0 Å². The van der Waals surface area contributed by atoms with Gasteiger partial charge < -0.3 is 5.73 Å². The molecule has 0 spiro atoms. The zero-order chi connectivity index (χ0) is 10.2. The van der Waals surface area contributed by atoms with Gasteiger partial charge >= 0.3 is 0 Å². The van der Waals surface area contributed by atoms with Crippen LogP contribution in [0.1, 0.15) is 0 Å². The molecule has 0 aliphatic carbocycles. The SMILES string of the molecule is CS(=O)(=O)c1cc(N)c(Cl)cc1F. The van der Waals surface area contributed by atoms with Crippen molar-refractivity contribution in [2.45, 2.75) is 4.90 Å². The van der Waals surface area contributed by atoms with Crippen LogP contribution in [0.2, 0.25) is 5.02 Å². The molecular weight excluding hydrogens is 217 g/mol. The Hall–Kier alpha value is -0.810. The van der Waals surface area contributed by atoms with Crippen molar-refractivity contribution in [3.63, 3.8) is 0 Å². The summed E-state index contributed by atoms with van der Waals surface area (Å²) in [4.78, 5) is -0.436. The van der Waals surface area contributed by atoms with Crippen LogP contribution in [-0.4, -0.2) is 14.7 Å². The lowest BCUT2D eigenvalue weighted by Crippen LogP contribution is -2.02. The first-order chi connectivity index (χ1) is 5.82. The molecule has 0 fully saturated rings. The fourth-order valence-electron chi connectivity index (χ4n) is 0.829. The topological polar surface area (TPSA) is 60.2 Å². The van der Waals surface area contributed by atoms with E-state index in [1.807, 2.05) is 0 Å². The molecule has 1 rings (SSSR count). The Morgan fingerprint density at radius 1 is 1.46 bits per heavy atom. The summed E-state index contributed by atoms with van der Waals surface area (Å²) in [5, 5.41) is 0.00454. The first-order valence-corrected chi connectivity index (χ1v) is 5.54. The number of nitrogens with two attached hydrogens (primary N) is 1. The Kier molecular flexibility index (Phi) is 2.49. The Morgan fingerprint density at radius 2 is 2.00 bits per heavy atom. The van der Waals surface area contributed by atoms with Crippen LogP contribution in [-0.2, 0) is 9.84 Å². The molecular formula is C7H7ClFNO2S. The van der Waals surface area contributed by atoms with E-state index in [0.29, 0.717) is 0 Å². The van der Waals surface area contributed by atoms with Gasteiger partial charge in [-0.2, -0.15) is 0 Å². The van der Waals surface area contributed by atoms with E-state index in [-0.39, 0.29) is 10.7 Å². The quantitative estimate of drug-likeness (QED) is 0.734. The lowest BCUT2D eigenvalue weighted by Gasteiger charge is -2.03. The van der Waals surface area contributed by atoms with E-state index < -0.39 is 20.5 Å².